The third-order valence-corrected chi connectivity index (χ3v) is 2.81. The fraction of sp³-hybridized carbons (Fsp3) is 0.500. The standard InChI is InChI=1S/C14H19BrO4/c1-3-18-14(16)7-5-11-4-6-12(17-2)13(10-11)19-9-8-15/h4,6,10H,3,5,7-9H2,1-2H3. The van der Waals surface area contributed by atoms with Crippen molar-refractivity contribution < 1.29 is 19.0 Å². The third kappa shape index (κ3) is 5.51. The number of carbonyl (C=O) groups excluding carboxylic acids is 1. The molecule has 0 aliphatic heterocycles. The number of alkyl halides is 1. The molecule has 0 unspecified atom stereocenters. The van der Waals surface area contributed by atoms with Gasteiger partial charge in [-0.2, -0.15) is 0 Å². The summed E-state index contributed by atoms with van der Waals surface area (Å²) in [6.45, 7) is 2.79. The quantitative estimate of drug-likeness (QED) is 0.543. The number of rotatable bonds is 8. The molecule has 0 aliphatic carbocycles. The Morgan fingerprint density at radius 3 is 2.74 bits per heavy atom. The average molecular weight is 331 g/mol. The second-order valence-electron chi connectivity index (χ2n) is 3.83. The molecule has 0 amide bonds. The summed E-state index contributed by atoms with van der Waals surface area (Å²) in [5.41, 5.74) is 1.03. The fourth-order valence-electron chi connectivity index (χ4n) is 1.62. The lowest BCUT2D eigenvalue weighted by atomic mass is 10.1. The van der Waals surface area contributed by atoms with Crippen LogP contribution in [-0.4, -0.2) is 31.6 Å². The molecule has 0 aromatic heterocycles. The highest BCUT2D eigenvalue weighted by Gasteiger charge is 2.08. The molecule has 106 valence electrons. The molecule has 0 aliphatic rings. The molecule has 0 saturated heterocycles. The highest BCUT2D eigenvalue weighted by atomic mass is 79.9. The lowest BCUT2D eigenvalue weighted by Gasteiger charge is -2.11. The van der Waals surface area contributed by atoms with Crippen molar-refractivity contribution in [3.63, 3.8) is 0 Å². The van der Waals surface area contributed by atoms with E-state index in [0.717, 1.165) is 10.9 Å². The van der Waals surface area contributed by atoms with Crippen molar-refractivity contribution >= 4 is 21.9 Å². The van der Waals surface area contributed by atoms with Gasteiger partial charge in [0.25, 0.3) is 0 Å². The molecular weight excluding hydrogens is 312 g/mol. The Balaban J connectivity index is 2.66. The van der Waals surface area contributed by atoms with Gasteiger partial charge in [-0.15, -0.1) is 0 Å². The molecule has 19 heavy (non-hydrogen) atoms. The van der Waals surface area contributed by atoms with Gasteiger partial charge in [0.2, 0.25) is 0 Å². The van der Waals surface area contributed by atoms with Gasteiger partial charge in [-0.25, -0.2) is 0 Å². The number of esters is 1. The van der Waals surface area contributed by atoms with Gasteiger partial charge in [0.15, 0.2) is 11.5 Å². The van der Waals surface area contributed by atoms with E-state index in [1.807, 2.05) is 18.2 Å². The number of hydrogen-bond donors (Lipinski definition) is 0. The van der Waals surface area contributed by atoms with Gasteiger partial charge in [0.05, 0.1) is 20.3 Å². The van der Waals surface area contributed by atoms with Crippen LogP contribution in [0, 0.1) is 0 Å². The van der Waals surface area contributed by atoms with E-state index in [4.69, 9.17) is 14.2 Å². The summed E-state index contributed by atoms with van der Waals surface area (Å²) in [6, 6.07) is 5.68. The highest BCUT2D eigenvalue weighted by molar-refractivity contribution is 9.09. The minimum Gasteiger partial charge on any atom is -0.493 e. The molecule has 0 fully saturated rings. The Bertz CT molecular complexity index is 406. The summed E-state index contributed by atoms with van der Waals surface area (Å²) in [4.78, 5) is 11.3. The van der Waals surface area contributed by atoms with Crippen LogP contribution < -0.4 is 9.47 Å². The largest absolute Gasteiger partial charge is 0.493 e. The van der Waals surface area contributed by atoms with Gasteiger partial charge >= 0.3 is 5.97 Å². The van der Waals surface area contributed by atoms with Crippen molar-refractivity contribution in [2.75, 3.05) is 25.7 Å². The van der Waals surface area contributed by atoms with Gasteiger partial charge in [-0.1, -0.05) is 22.0 Å². The Kier molecular flexibility index (Phi) is 7.33. The number of carbonyl (C=O) groups is 1. The first-order valence-electron chi connectivity index (χ1n) is 6.22. The smallest absolute Gasteiger partial charge is 0.306 e. The Hall–Kier alpha value is -1.23. The summed E-state index contributed by atoms with van der Waals surface area (Å²) in [5, 5.41) is 0.753. The van der Waals surface area contributed by atoms with Crippen LogP contribution in [0.5, 0.6) is 11.5 Å². The molecule has 0 atom stereocenters. The fourth-order valence-corrected chi connectivity index (χ4v) is 1.78. The van der Waals surface area contributed by atoms with Crippen LogP contribution in [0.25, 0.3) is 0 Å². The monoisotopic (exact) mass is 330 g/mol. The summed E-state index contributed by atoms with van der Waals surface area (Å²) in [6.07, 6.45) is 1.01. The van der Waals surface area contributed by atoms with E-state index in [2.05, 4.69) is 15.9 Å². The summed E-state index contributed by atoms with van der Waals surface area (Å²) >= 11 is 3.31. The van der Waals surface area contributed by atoms with Gasteiger partial charge < -0.3 is 14.2 Å². The zero-order chi connectivity index (χ0) is 14.1. The topological polar surface area (TPSA) is 44.8 Å². The molecular formula is C14H19BrO4. The molecule has 0 bridgehead atoms. The Morgan fingerprint density at radius 1 is 1.32 bits per heavy atom. The second kappa shape index (κ2) is 8.80. The molecule has 1 aromatic rings. The number of aryl methyl sites for hydroxylation is 1. The van der Waals surface area contributed by atoms with E-state index in [9.17, 15) is 4.79 Å². The zero-order valence-corrected chi connectivity index (χ0v) is 12.9. The molecule has 0 N–H and O–H groups in total. The van der Waals surface area contributed by atoms with Crippen molar-refractivity contribution in [3.05, 3.63) is 23.8 Å². The lowest BCUT2D eigenvalue weighted by molar-refractivity contribution is -0.143. The molecule has 1 aromatic carbocycles. The van der Waals surface area contributed by atoms with Crippen molar-refractivity contribution in [1.29, 1.82) is 0 Å². The van der Waals surface area contributed by atoms with E-state index in [1.54, 1.807) is 14.0 Å². The van der Waals surface area contributed by atoms with Crippen LogP contribution in [0.3, 0.4) is 0 Å². The normalized spacial score (nSPS) is 10.1. The van der Waals surface area contributed by atoms with Crippen molar-refractivity contribution in [1.82, 2.24) is 0 Å². The first-order valence-corrected chi connectivity index (χ1v) is 7.34. The first kappa shape index (κ1) is 15.8. The van der Waals surface area contributed by atoms with E-state index in [-0.39, 0.29) is 5.97 Å². The summed E-state index contributed by atoms with van der Waals surface area (Å²) in [7, 11) is 1.61. The molecule has 0 heterocycles. The van der Waals surface area contributed by atoms with Crippen molar-refractivity contribution in [2.45, 2.75) is 19.8 Å². The van der Waals surface area contributed by atoms with Crippen LogP contribution >= 0.6 is 15.9 Å². The van der Waals surface area contributed by atoms with Crippen LogP contribution in [0.15, 0.2) is 18.2 Å². The summed E-state index contributed by atoms with van der Waals surface area (Å²) in [5.74, 6) is 1.21. The van der Waals surface area contributed by atoms with E-state index >= 15 is 0 Å². The maximum atomic E-state index is 11.3. The minimum atomic E-state index is -0.179. The molecule has 4 nitrogen and oxygen atoms in total. The van der Waals surface area contributed by atoms with Crippen LogP contribution in [0.2, 0.25) is 0 Å². The van der Waals surface area contributed by atoms with Crippen LogP contribution in [-0.2, 0) is 16.0 Å². The Labute approximate surface area is 122 Å². The third-order valence-electron chi connectivity index (χ3n) is 2.49. The first-order chi connectivity index (χ1) is 9.21. The number of methoxy groups -OCH3 is 1. The van der Waals surface area contributed by atoms with Crippen LogP contribution in [0.4, 0.5) is 0 Å². The predicted octanol–water partition coefficient (Wildman–Crippen LogP) is 2.96. The van der Waals surface area contributed by atoms with Gasteiger partial charge in [-0.05, 0) is 31.0 Å². The summed E-state index contributed by atoms with van der Waals surface area (Å²) < 4.78 is 15.7. The number of hydrogen-bond acceptors (Lipinski definition) is 4. The van der Waals surface area contributed by atoms with Gasteiger partial charge in [0, 0.05) is 11.8 Å². The molecule has 0 radical (unpaired) electrons. The van der Waals surface area contributed by atoms with Crippen LogP contribution in [0.1, 0.15) is 18.9 Å². The SMILES string of the molecule is CCOC(=O)CCc1ccc(OC)c(OCCBr)c1. The van der Waals surface area contributed by atoms with Crippen molar-refractivity contribution in [3.8, 4) is 11.5 Å². The number of ether oxygens (including phenoxy) is 3. The lowest BCUT2D eigenvalue weighted by Crippen LogP contribution is -2.05. The highest BCUT2D eigenvalue weighted by Crippen LogP contribution is 2.28. The molecule has 5 heteroatoms. The number of halogens is 1. The minimum absolute atomic E-state index is 0.179. The predicted molar refractivity (Wildman–Crippen MR) is 77.2 cm³/mol. The zero-order valence-electron chi connectivity index (χ0n) is 11.3. The van der Waals surface area contributed by atoms with Gasteiger partial charge in [0.1, 0.15) is 0 Å². The van der Waals surface area contributed by atoms with Gasteiger partial charge in [-0.3, -0.25) is 4.79 Å². The Morgan fingerprint density at radius 2 is 2.11 bits per heavy atom. The second-order valence-corrected chi connectivity index (χ2v) is 4.62. The number of benzene rings is 1. The van der Waals surface area contributed by atoms with Crippen molar-refractivity contribution in [2.24, 2.45) is 0 Å². The average Bonchev–Trinajstić information content (AvgIpc) is 2.43. The molecule has 0 saturated carbocycles. The maximum absolute atomic E-state index is 11.3. The van der Waals surface area contributed by atoms with E-state index < -0.39 is 0 Å². The molecule has 0 spiro atoms. The molecule has 1 rings (SSSR count). The van der Waals surface area contributed by atoms with E-state index in [1.165, 1.54) is 0 Å². The van der Waals surface area contributed by atoms with E-state index in [0.29, 0.717) is 37.6 Å². The maximum Gasteiger partial charge on any atom is 0.306 e.